The summed E-state index contributed by atoms with van der Waals surface area (Å²) in [5, 5.41) is 15.8. The molecule has 202 valence electrons. The average molecular weight is 527 g/mol. The quantitative estimate of drug-likeness (QED) is 0.329. The Hall–Kier alpha value is -4.21. The molecule has 1 saturated heterocycles. The molecule has 39 heavy (non-hydrogen) atoms. The standard InChI is InChI=1S/C30H34N6O3/c1-31-30(39)36-16-12-24-17-25(7-8-27(24)36)34(2)26-9-13-32-28(18-26)33-29(38)23-5-3-21(4-6-23)19-35-14-10-22(20-37)11-15-35/h3-9,12-13,16-18,22,37H,10-11,14-15,19-20H2,1-2H3,(H,31,39)(H,32,33,38). The molecule has 1 aliphatic heterocycles. The highest BCUT2D eigenvalue weighted by molar-refractivity contribution is 6.04. The number of likely N-dealkylation sites (tertiary alicyclic amines) is 1. The number of fused-ring (bicyclic) bond motifs is 1. The first-order chi connectivity index (χ1) is 18.9. The number of anilines is 3. The van der Waals surface area contributed by atoms with Gasteiger partial charge in [0.05, 0.1) is 5.52 Å². The number of nitrogens with one attached hydrogen (secondary N) is 2. The second kappa shape index (κ2) is 11.7. The van der Waals surface area contributed by atoms with Crippen LogP contribution in [0.1, 0.15) is 28.8 Å². The minimum atomic E-state index is -0.213. The van der Waals surface area contributed by atoms with E-state index < -0.39 is 0 Å². The molecule has 3 heterocycles. The van der Waals surface area contributed by atoms with Crippen LogP contribution in [0.25, 0.3) is 10.9 Å². The molecule has 4 aromatic rings. The lowest BCUT2D eigenvalue weighted by Gasteiger charge is -2.31. The van der Waals surface area contributed by atoms with Gasteiger partial charge in [-0.1, -0.05) is 12.1 Å². The van der Waals surface area contributed by atoms with Crippen LogP contribution in [0.3, 0.4) is 0 Å². The zero-order valence-corrected chi connectivity index (χ0v) is 22.3. The van der Waals surface area contributed by atoms with E-state index in [0.717, 1.165) is 54.8 Å². The van der Waals surface area contributed by atoms with Gasteiger partial charge in [0.15, 0.2) is 0 Å². The summed E-state index contributed by atoms with van der Waals surface area (Å²) in [7, 11) is 3.55. The van der Waals surface area contributed by atoms with Crippen molar-refractivity contribution in [2.24, 2.45) is 5.92 Å². The lowest BCUT2D eigenvalue weighted by molar-refractivity contribution is 0.102. The molecule has 2 amide bonds. The molecule has 0 spiro atoms. The molecule has 0 radical (unpaired) electrons. The van der Waals surface area contributed by atoms with E-state index >= 15 is 0 Å². The number of aliphatic hydroxyl groups excluding tert-OH is 1. The van der Waals surface area contributed by atoms with Crippen LogP contribution in [0.2, 0.25) is 0 Å². The van der Waals surface area contributed by atoms with Crippen LogP contribution in [0.4, 0.5) is 22.0 Å². The van der Waals surface area contributed by atoms with Crippen molar-refractivity contribution in [3.05, 3.63) is 84.2 Å². The number of piperidine rings is 1. The molecule has 2 aromatic carbocycles. The summed E-state index contributed by atoms with van der Waals surface area (Å²) in [4.78, 5) is 33.7. The SMILES string of the molecule is CNC(=O)n1ccc2cc(N(C)c3ccnc(NC(=O)c4ccc(CN5CCC(CO)CC5)cc4)c3)ccc21. The van der Waals surface area contributed by atoms with Crippen LogP contribution in [-0.4, -0.2) is 65.3 Å². The molecule has 2 aromatic heterocycles. The number of hydrogen-bond acceptors (Lipinski definition) is 6. The average Bonchev–Trinajstić information content (AvgIpc) is 3.40. The normalized spacial score (nSPS) is 14.3. The third kappa shape index (κ3) is 5.94. The van der Waals surface area contributed by atoms with Gasteiger partial charge in [0.25, 0.3) is 5.91 Å². The Morgan fingerprint density at radius 3 is 2.49 bits per heavy atom. The number of nitrogens with zero attached hydrogens (tertiary/aromatic N) is 4. The van der Waals surface area contributed by atoms with Gasteiger partial charge in [-0.15, -0.1) is 0 Å². The van der Waals surface area contributed by atoms with E-state index in [1.807, 2.05) is 72.6 Å². The molecule has 0 saturated carbocycles. The molecular formula is C30H34N6O3. The Kier molecular flexibility index (Phi) is 7.90. The summed E-state index contributed by atoms with van der Waals surface area (Å²) >= 11 is 0. The monoisotopic (exact) mass is 526 g/mol. The maximum Gasteiger partial charge on any atom is 0.325 e. The van der Waals surface area contributed by atoms with Gasteiger partial charge in [0, 0.05) is 68.0 Å². The second-order valence-electron chi connectivity index (χ2n) is 10.00. The molecular weight excluding hydrogens is 492 g/mol. The van der Waals surface area contributed by atoms with E-state index in [9.17, 15) is 14.7 Å². The van der Waals surface area contributed by atoms with Gasteiger partial charge < -0.3 is 20.6 Å². The molecule has 0 bridgehead atoms. The molecule has 1 aliphatic rings. The van der Waals surface area contributed by atoms with Gasteiger partial charge in [0.2, 0.25) is 0 Å². The van der Waals surface area contributed by atoms with Crippen molar-refractivity contribution in [2.45, 2.75) is 19.4 Å². The largest absolute Gasteiger partial charge is 0.396 e. The molecule has 9 nitrogen and oxygen atoms in total. The number of aromatic nitrogens is 2. The van der Waals surface area contributed by atoms with Crippen molar-refractivity contribution in [3.8, 4) is 0 Å². The third-order valence-electron chi connectivity index (χ3n) is 7.45. The number of carbonyl (C=O) groups excluding carboxylic acids is 2. The van der Waals surface area contributed by atoms with Crippen molar-refractivity contribution >= 4 is 40.0 Å². The summed E-state index contributed by atoms with van der Waals surface area (Å²) in [6, 6.07) is 19.0. The van der Waals surface area contributed by atoms with Crippen LogP contribution in [-0.2, 0) is 6.54 Å². The number of amides is 2. The minimum Gasteiger partial charge on any atom is -0.396 e. The summed E-state index contributed by atoms with van der Waals surface area (Å²) < 4.78 is 1.58. The molecule has 0 atom stereocenters. The van der Waals surface area contributed by atoms with E-state index in [4.69, 9.17) is 0 Å². The van der Waals surface area contributed by atoms with E-state index in [0.29, 0.717) is 17.3 Å². The van der Waals surface area contributed by atoms with Crippen molar-refractivity contribution in [1.82, 2.24) is 19.8 Å². The lowest BCUT2D eigenvalue weighted by Crippen LogP contribution is -2.34. The molecule has 1 fully saturated rings. The summed E-state index contributed by atoms with van der Waals surface area (Å²) in [6.07, 6.45) is 5.47. The highest BCUT2D eigenvalue weighted by Gasteiger charge is 2.18. The summed E-state index contributed by atoms with van der Waals surface area (Å²) in [5.74, 6) is 0.674. The Morgan fingerprint density at radius 1 is 1.03 bits per heavy atom. The first-order valence-electron chi connectivity index (χ1n) is 13.2. The predicted molar refractivity (Wildman–Crippen MR) is 154 cm³/mol. The first-order valence-corrected chi connectivity index (χ1v) is 13.2. The number of carbonyl (C=O) groups is 2. The Bertz CT molecular complexity index is 1460. The predicted octanol–water partition coefficient (Wildman–Crippen LogP) is 4.45. The second-order valence-corrected chi connectivity index (χ2v) is 10.00. The molecule has 3 N–H and O–H groups in total. The number of aliphatic hydroxyl groups is 1. The van der Waals surface area contributed by atoms with Gasteiger partial charge >= 0.3 is 6.03 Å². The van der Waals surface area contributed by atoms with Gasteiger partial charge in [-0.05, 0) is 79.9 Å². The molecule has 9 heteroatoms. The fourth-order valence-electron chi connectivity index (χ4n) is 5.02. The topological polar surface area (TPSA) is 103 Å². The van der Waals surface area contributed by atoms with Crippen molar-refractivity contribution in [1.29, 1.82) is 0 Å². The van der Waals surface area contributed by atoms with Gasteiger partial charge in [-0.25, -0.2) is 9.78 Å². The number of hydrogen-bond donors (Lipinski definition) is 3. The third-order valence-corrected chi connectivity index (χ3v) is 7.45. The van der Waals surface area contributed by atoms with Crippen LogP contribution in [0, 0.1) is 5.92 Å². The fourth-order valence-corrected chi connectivity index (χ4v) is 5.02. The van der Waals surface area contributed by atoms with E-state index in [1.165, 1.54) is 5.56 Å². The maximum absolute atomic E-state index is 12.9. The van der Waals surface area contributed by atoms with Crippen LogP contribution in [0.15, 0.2) is 73.1 Å². The number of benzene rings is 2. The van der Waals surface area contributed by atoms with Gasteiger partial charge in [-0.3, -0.25) is 14.3 Å². The van der Waals surface area contributed by atoms with Crippen molar-refractivity contribution in [3.63, 3.8) is 0 Å². The molecule has 0 aliphatic carbocycles. The zero-order valence-electron chi connectivity index (χ0n) is 22.3. The van der Waals surface area contributed by atoms with Crippen molar-refractivity contribution < 1.29 is 14.7 Å². The lowest BCUT2D eigenvalue weighted by atomic mass is 9.97. The van der Waals surface area contributed by atoms with Gasteiger partial charge in [0.1, 0.15) is 5.82 Å². The van der Waals surface area contributed by atoms with Crippen LogP contribution >= 0.6 is 0 Å². The maximum atomic E-state index is 12.9. The van der Waals surface area contributed by atoms with E-state index in [1.54, 1.807) is 24.0 Å². The van der Waals surface area contributed by atoms with E-state index in [-0.39, 0.29) is 18.5 Å². The van der Waals surface area contributed by atoms with Crippen molar-refractivity contribution in [2.75, 3.05) is 44.0 Å². The minimum absolute atomic E-state index is 0.186. The van der Waals surface area contributed by atoms with Crippen LogP contribution in [0.5, 0.6) is 0 Å². The molecule has 0 unspecified atom stereocenters. The Morgan fingerprint density at radius 2 is 1.77 bits per heavy atom. The number of pyridine rings is 1. The summed E-state index contributed by atoms with van der Waals surface area (Å²) in [6.45, 7) is 3.09. The highest BCUT2D eigenvalue weighted by atomic mass is 16.3. The number of rotatable bonds is 7. The first kappa shape index (κ1) is 26.4. The highest BCUT2D eigenvalue weighted by Crippen LogP contribution is 2.29. The van der Waals surface area contributed by atoms with Gasteiger partial charge in [-0.2, -0.15) is 0 Å². The Balaban J connectivity index is 1.23. The smallest absolute Gasteiger partial charge is 0.325 e. The fraction of sp³-hybridized carbons (Fsp3) is 0.300. The zero-order chi connectivity index (χ0) is 27.4. The molecule has 5 rings (SSSR count). The van der Waals surface area contributed by atoms with E-state index in [2.05, 4.69) is 20.5 Å². The Labute approximate surface area is 228 Å². The summed E-state index contributed by atoms with van der Waals surface area (Å²) in [5.41, 5.74) is 4.37. The van der Waals surface area contributed by atoms with Crippen LogP contribution < -0.4 is 15.5 Å².